The monoisotopic (exact) mass is 302 g/mol. The lowest BCUT2D eigenvalue weighted by Crippen LogP contribution is -2.48. The first kappa shape index (κ1) is 16.5. The Morgan fingerprint density at radius 3 is 2.50 bits per heavy atom. The normalized spacial score (nSPS) is 30.9. The van der Waals surface area contributed by atoms with Gasteiger partial charge in [0.15, 0.2) is 0 Å². The van der Waals surface area contributed by atoms with Crippen LogP contribution in [0.1, 0.15) is 44.9 Å². The van der Waals surface area contributed by atoms with Gasteiger partial charge in [0.2, 0.25) is 0 Å². The smallest absolute Gasteiger partial charge is 0.0730 e. The third-order valence-corrected chi connectivity index (χ3v) is 5.33. The molecule has 1 atom stereocenters. The first-order chi connectivity index (χ1) is 9.42. The van der Waals surface area contributed by atoms with Crippen LogP contribution in [0.3, 0.4) is 0 Å². The first-order valence-electron chi connectivity index (χ1n) is 8.46. The number of hydrogen-bond acceptors (Lipinski definition) is 3. The fourth-order valence-electron chi connectivity index (χ4n) is 4.12. The van der Waals surface area contributed by atoms with E-state index in [9.17, 15) is 0 Å². The standard InChI is InChI=1S/C16H30N2O.ClH/c1-2-4-15(5-3-1)16-13-18(10-11-19-16)12-14-6-8-17-9-7-14;/h14-17H,1-13H2;1H. The van der Waals surface area contributed by atoms with E-state index in [1.54, 1.807) is 0 Å². The van der Waals surface area contributed by atoms with E-state index in [1.807, 2.05) is 0 Å². The van der Waals surface area contributed by atoms with Gasteiger partial charge in [-0.2, -0.15) is 0 Å². The molecule has 3 fully saturated rings. The minimum absolute atomic E-state index is 0. The van der Waals surface area contributed by atoms with Crippen LogP contribution in [-0.4, -0.2) is 50.3 Å². The third kappa shape index (κ3) is 4.59. The second-order valence-corrected chi connectivity index (χ2v) is 6.76. The van der Waals surface area contributed by atoms with Gasteiger partial charge in [0.05, 0.1) is 12.7 Å². The predicted octanol–water partition coefficient (Wildman–Crippen LogP) is 2.69. The lowest BCUT2D eigenvalue weighted by molar-refractivity contribution is -0.0686. The van der Waals surface area contributed by atoms with E-state index >= 15 is 0 Å². The Hall–Kier alpha value is 0.170. The van der Waals surface area contributed by atoms with Gasteiger partial charge in [0, 0.05) is 19.6 Å². The van der Waals surface area contributed by atoms with Crippen LogP contribution in [0.2, 0.25) is 0 Å². The molecule has 0 aromatic heterocycles. The minimum Gasteiger partial charge on any atom is -0.375 e. The second kappa shape index (κ2) is 8.57. The van der Waals surface area contributed by atoms with E-state index < -0.39 is 0 Å². The maximum Gasteiger partial charge on any atom is 0.0730 e. The molecule has 1 N–H and O–H groups in total. The summed E-state index contributed by atoms with van der Waals surface area (Å²) in [6, 6.07) is 0. The molecule has 1 aliphatic carbocycles. The Kier molecular flexibility index (Phi) is 7.09. The first-order valence-corrected chi connectivity index (χ1v) is 8.46. The highest BCUT2D eigenvalue weighted by atomic mass is 35.5. The minimum atomic E-state index is 0. The summed E-state index contributed by atoms with van der Waals surface area (Å²) in [7, 11) is 0. The molecule has 0 aromatic rings. The van der Waals surface area contributed by atoms with Crippen molar-refractivity contribution in [2.75, 3.05) is 39.3 Å². The van der Waals surface area contributed by atoms with Crippen LogP contribution in [-0.2, 0) is 4.74 Å². The topological polar surface area (TPSA) is 24.5 Å². The van der Waals surface area contributed by atoms with Gasteiger partial charge in [-0.1, -0.05) is 19.3 Å². The average Bonchev–Trinajstić information content (AvgIpc) is 2.49. The summed E-state index contributed by atoms with van der Waals surface area (Å²) in [5.41, 5.74) is 0. The molecule has 3 aliphatic rings. The molecule has 0 bridgehead atoms. The maximum atomic E-state index is 6.08. The van der Waals surface area contributed by atoms with Crippen LogP contribution in [0.25, 0.3) is 0 Å². The Labute approximate surface area is 130 Å². The molecule has 1 unspecified atom stereocenters. The molecule has 3 nitrogen and oxygen atoms in total. The summed E-state index contributed by atoms with van der Waals surface area (Å²) in [6.07, 6.45) is 10.4. The van der Waals surface area contributed by atoms with Crippen LogP contribution in [0.5, 0.6) is 0 Å². The third-order valence-electron chi connectivity index (χ3n) is 5.33. The zero-order valence-electron chi connectivity index (χ0n) is 12.7. The maximum absolute atomic E-state index is 6.08. The van der Waals surface area contributed by atoms with Crippen molar-refractivity contribution in [1.82, 2.24) is 10.2 Å². The molecule has 2 saturated heterocycles. The van der Waals surface area contributed by atoms with E-state index in [0.29, 0.717) is 6.10 Å². The molecule has 20 heavy (non-hydrogen) atoms. The Balaban J connectivity index is 0.00000147. The highest BCUT2D eigenvalue weighted by Crippen LogP contribution is 2.30. The van der Waals surface area contributed by atoms with E-state index in [-0.39, 0.29) is 12.4 Å². The molecule has 118 valence electrons. The van der Waals surface area contributed by atoms with Crippen molar-refractivity contribution in [3.8, 4) is 0 Å². The van der Waals surface area contributed by atoms with Crippen LogP contribution in [0, 0.1) is 11.8 Å². The average molecular weight is 303 g/mol. The molecule has 0 amide bonds. The summed E-state index contributed by atoms with van der Waals surface area (Å²) in [6.45, 7) is 7.09. The Bertz CT molecular complexity index is 265. The number of piperidine rings is 1. The number of rotatable bonds is 3. The van der Waals surface area contributed by atoms with Crippen molar-refractivity contribution in [3.05, 3.63) is 0 Å². The van der Waals surface area contributed by atoms with E-state index in [0.717, 1.165) is 25.0 Å². The van der Waals surface area contributed by atoms with Crippen LogP contribution < -0.4 is 5.32 Å². The number of ether oxygens (including phenoxy) is 1. The summed E-state index contributed by atoms with van der Waals surface area (Å²) in [5.74, 6) is 1.77. The van der Waals surface area contributed by atoms with E-state index in [1.165, 1.54) is 71.1 Å². The largest absolute Gasteiger partial charge is 0.375 e. The van der Waals surface area contributed by atoms with Crippen molar-refractivity contribution in [2.24, 2.45) is 11.8 Å². The van der Waals surface area contributed by atoms with Gasteiger partial charge in [-0.15, -0.1) is 12.4 Å². The van der Waals surface area contributed by atoms with Gasteiger partial charge < -0.3 is 10.1 Å². The zero-order valence-corrected chi connectivity index (χ0v) is 13.5. The number of nitrogens with one attached hydrogen (secondary N) is 1. The molecule has 4 heteroatoms. The quantitative estimate of drug-likeness (QED) is 0.867. The van der Waals surface area contributed by atoms with Crippen molar-refractivity contribution in [3.63, 3.8) is 0 Å². The number of halogens is 1. The van der Waals surface area contributed by atoms with E-state index in [2.05, 4.69) is 10.2 Å². The van der Waals surface area contributed by atoms with Crippen molar-refractivity contribution in [1.29, 1.82) is 0 Å². The molecular weight excluding hydrogens is 272 g/mol. The highest BCUT2D eigenvalue weighted by Gasteiger charge is 2.30. The molecular formula is C16H31ClN2O. The van der Waals surface area contributed by atoms with Gasteiger partial charge in [-0.3, -0.25) is 4.90 Å². The lowest BCUT2D eigenvalue weighted by Gasteiger charge is -2.40. The van der Waals surface area contributed by atoms with Crippen LogP contribution in [0.15, 0.2) is 0 Å². The van der Waals surface area contributed by atoms with Crippen molar-refractivity contribution < 1.29 is 4.74 Å². The number of hydrogen-bond donors (Lipinski definition) is 1. The van der Waals surface area contributed by atoms with Gasteiger partial charge in [-0.25, -0.2) is 0 Å². The van der Waals surface area contributed by atoms with Gasteiger partial charge >= 0.3 is 0 Å². The van der Waals surface area contributed by atoms with Gasteiger partial charge in [-0.05, 0) is 50.6 Å². The fraction of sp³-hybridized carbons (Fsp3) is 1.00. The van der Waals surface area contributed by atoms with Crippen molar-refractivity contribution >= 4 is 12.4 Å². The van der Waals surface area contributed by atoms with Crippen LogP contribution in [0.4, 0.5) is 0 Å². The molecule has 0 spiro atoms. The molecule has 2 aliphatic heterocycles. The van der Waals surface area contributed by atoms with Crippen LogP contribution >= 0.6 is 12.4 Å². The molecule has 1 saturated carbocycles. The lowest BCUT2D eigenvalue weighted by atomic mass is 9.84. The van der Waals surface area contributed by atoms with Gasteiger partial charge in [0.1, 0.15) is 0 Å². The SMILES string of the molecule is C1CCC(C2CN(CC3CCNCC3)CCO2)CC1.Cl. The molecule has 0 aromatic carbocycles. The molecule has 3 rings (SSSR count). The Morgan fingerprint density at radius 2 is 1.75 bits per heavy atom. The van der Waals surface area contributed by atoms with E-state index in [4.69, 9.17) is 4.74 Å². The molecule has 2 heterocycles. The fourth-order valence-corrected chi connectivity index (χ4v) is 4.12. The number of nitrogens with zero attached hydrogens (tertiary/aromatic N) is 1. The number of morpholine rings is 1. The second-order valence-electron chi connectivity index (χ2n) is 6.76. The molecule has 0 radical (unpaired) electrons. The van der Waals surface area contributed by atoms with Gasteiger partial charge in [0.25, 0.3) is 0 Å². The summed E-state index contributed by atoms with van der Waals surface area (Å²) in [5, 5.41) is 3.47. The predicted molar refractivity (Wildman–Crippen MR) is 85.6 cm³/mol. The Morgan fingerprint density at radius 1 is 1.00 bits per heavy atom. The zero-order chi connectivity index (χ0) is 12.9. The summed E-state index contributed by atoms with van der Waals surface area (Å²) >= 11 is 0. The summed E-state index contributed by atoms with van der Waals surface area (Å²) in [4.78, 5) is 2.69. The summed E-state index contributed by atoms with van der Waals surface area (Å²) < 4.78 is 6.08. The highest BCUT2D eigenvalue weighted by molar-refractivity contribution is 5.85. The van der Waals surface area contributed by atoms with Crippen molar-refractivity contribution in [2.45, 2.75) is 51.0 Å².